The molecule has 1 aliphatic rings. The molecule has 1 aliphatic carbocycles. The molecule has 0 bridgehead atoms. The summed E-state index contributed by atoms with van der Waals surface area (Å²) >= 11 is 0. The Morgan fingerprint density at radius 1 is 1.21 bits per heavy atom. The topological polar surface area (TPSA) is 46.5 Å². The first-order chi connectivity index (χ1) is 8.95. The molecule has 104 valence electrons. The summed E-state index contributed by atoms with van der Waals surface area (Å²) in [7, 11) is 0. The average Bonchev–Trinajstić information content (AvgIpc) is 2.72. The number of carbonyl (C=O) groups is 1. The number of rotatable bonds is 4. The SMILES string of the molecule is Cc1cc(C)c(OC2CCC(CC(=O)O)C2)cc1C. The van der Waals surface area contributed by atoms with Gasteiger partial charge < -0.3 is 9.84 Å². The van der Waals surface area contributed by atoms with Crippen LogP contribution in [0.5, 0.6) is 5.75 Å². The van der Waals surface area contributed by atoms with Gasteiger partial charge in [-0.25, -0.2) is 0 Å². The lowest BCUT2D eigenvalue weighted by atomic mass is 10.0. The quantitative estimate of drug-likeness (QED) is 0.901. The number of benzene rings is 1. The van der Waals surface area contributed by atoms with Gasteiger partial charge in [-0.05, 0) is 68.7 Å². The van der Waals surface area contributed by atoms with Crippen molar-refractivity contribution in [2.75, 3.05) is 0 Å². The first-order valence-corrected chi connectivity index (χ1v) is 6.92. The van der Waals surface area contributed by atoms with Crippen molar-refractivity contribution in [3.8, 4) is 5.75 Å². The molecule has 1 saturated carbocycles. The van der Waals surface area contributed by atoms with Crippen molar-refractivity contribution in [1.82, 2.24) is 0 Å². The third-order valence-electron chi connectivity index (χ3n) is 4.04. The van der Waals surface area contributed by atoms with Gasteiger partial charge in [0.2, 0.25) is 0 Å². The van der Waals surface area contributed by atoms with Crippen LogP contribution in [0.25, 0.3) is 0 Å². The Labute approximate surface area is 114 Å². The first kappa shape index (κ1) is 13.9. The monoisotopic (exact) mass is 262 g/mol. The molecular weight excluding hydrogens is 240 g/mol. The smallest absolute Gasteiger partial charge is 0.303 e. The lowest BCUT2D eigenvalue weighted by Crippen LogP contribution is -2.14. The van der Waals surface area contributed by atoms with Gasteiger partial charge in [0.1, 0.15) is 5.75 Å². The predicted octanol–water partition coefficient (Wildman–Crippen LogP) is 3.63. The largest absolute Gasteiger partial charge is 0.490 e. The van der Waals surface area contributed by atoms with Crippen LogP contribution in [0.2, 0.25) is 0 Å². The van der Waals surface area contributed by atoms with Gasteiger partial charge in [-0.2, -0.15) is 0 Å². The fourth-order valence-corrected chi connectivity index (χ4v) is 2.81. The molecule has 0 aromatic heterocycles. The minimum Gasteiger partial charge on any atom is -0.490 e. The van der Waals surface area contributed by atoms with Crippen molar-refractivity contribution in [3.63, 3.8) is 0 Å². The maximum Gasteiger partial charge on any atom is 0.303 e. The van der Waals surface area contributed by atoms with Crippen LogP contribution in [0.4, 0.5) is 0 Å². The van der Waals surface area contributed by atoms with E-state index < -0.39 is 5.97 Å². The van der Waals surface area contributed by atoms with Gasteiger partial charge in [0.25, 0.3) is 0 Å². The number of ether oxygens (including phenoxy) is 1. The maximum atomic E-state index is 10.7. The van der Waals surface area contributed by atoms with E-state index in [2.05, 4.69) is 32.9 Å². The van der Waals surface area contributed by atoms with Crippen molar-refractivity contribution in [2.24, 2.45) is 5.92 Å². The Balaban J connectivity index is 1.99. The van der Waals surface area contributed by atoms with Crippen LogP contribution in [0.15, 0.2) is 12.1 Å². The summed E-state index contributed by atoms with van der Waals surface area (Å²) < 4.78 is 6.06. The molecule has 2 rings (SSSR count). The average molecular weight is 262 g/mol. The van der Waals surface area contributed by atoms with Crippen LogP contribution in [0, 0.1) is 26.7 Å². The molecule has 0 radical (unpaired) electrons. The predicted molar refractivity (Wildman–Crippen MR) is 74.7 cm³/mol. The van der Waals surface area contributed by atoms with Gasteiger partial charge in [0, 0.05) is 6.42 Å². The summed E-state index contributed by atoms with van der Waals surface area (Å²) in [6, 6.07) is 4.24. The molecule has 1 N–H and O–H groups in total. The summed E-state index contributed by atoms with van der Waals surface area (Å²) in [4.78, 5) is 10.7. The number of carboxylic acid groups (broad SMARTS) is 1. The fraction of sp³-hybridized carbons (Fsp3) is 0.562. The highest BCUT2D eigenvalue weighted by atomic mass is 16.5. The van der Waals surface area contributed by atoms with Crippen LogP contribution in [0.3, 0.4) is 0 Å². The Bertz CT molecular complexity index is 479. The van der Waals surface area contributed by atoms with Crippen LogP contribution in [0.1, 0.15) is 42.4 Å². The normalized spacial score (nSPS) is 22.5. The van der Waals surface area contributed by atoms with Gasteiger partial charge >= 0.3 is 5.97 Å². The van der Waals surface area contributed by atoms with Crippen LogP contribution < -0.4 is 4.74 Å². The standard InChI is InChI=1S/C16H22O3/c1-10-6-12(3)15(7-11(10)2)19-14-5-4-13(8-14)9-16(17)18/h6-7,13-14H,4-5,8-9H2,1-3H3,(H,17,18). The third kappa shape index (κ3) is 3.49. The lowest BCUT2D eigenvalue weighted by Gasteiger charge is -2.17. The second-order valence-corrected chi connectivity index (χ2v) is 5.72. The Morgan fingerprint density at radius 3 is 2.58 bits per heavy atom. The Kier molecular flexibility index (Phi) is 4.13. The highest BCUT2D eigenvalue weighted by molar-refractivity contribution is 5.67. The third-order valence-corrected chi connectivity index (χ3v) is 4.04. The zero-order valence-corrected chi connectivity index (χ0v) is 11.9. The van der Waals surface area contributed by atoms with E-state index in [0.717, 1.165) is 30.6 Å². The van der Waals surface area contributed by atoms with E-state index in [1.54, 1.807) is 0 Å². The van der Waals surface area contributed by atoms with E-state index in [9.17, 15) is 4.79 Å². The molecule has 0 aliphatic heterocycles. The summed E-state index contributed by atoms with van der Waals surface area (Å²) in [5, 5.41) is 8.82. The van der Waals surface area contributed by atoms with E-state index in [0.29, 0.717) is 0 Å². The molecule has 0 saturated heterocycles. The molecular formula is C16H22O3. The van der Waals surface area contributed by atoms with Gasteiger partial charge in [0.15, 0.2) is 0 Å². The molecule has 3 heteroatoms. The minimum atomic E-state index is -0.701. The summed E-state index contributed by atoms with van der Waals surface area (Å²) in [5.74, 6) is 0.520. The Morgan fingerprint density at radius 2 is 1.89 bits per heavy atom. The van der Waals surface area contributed by atoms with Gasteiger partial charge in [-0.1, -0.05) is 6.07 Å². The number of hydrogen-bond donors (Lipinski definition) is 1. The molecule has 2 atom stereocenters. The fourth-order valence-electron chi connectivity index (χ4n) is 2.81. The number of carboxylic acids is 1. The molecule has 0 spiro atoms. The molecule has 1 aromatic carbocycles. The van der Waals surface area contributed by atoms with Gasteiger partial charge in [-0.15, -0.1) is 0 Å². The molecule has 0 heterocycles. The number of aliphatic carboxylic acids is 1. The van der Waals surface area contributed by atoms with E-state index in [4.69, 9.17) is 9.84 Å². The van der Waals surface area contributed by atoms with Crippen molar-refractivity contribution < 1.29 is 14.6 Å². The summed E-state index contributed by atoms with van der Waals surface area (Å²) in [5.41, 5.74) is 3.67. The molecule has 1 fully saturated rings. The zero-order chi connectivity index (χ0) is 14.0. The molecule has 2 unspecified atom stereocenters. The lowest BCUT2D eigenvalue weighted by molar-refractivity contribution is -0.138. The van der Waals surface area contributed by atoms with Gasteiger partial charge in [-0.3, -0.25) is 4.79 Å². The minimum absolute atomic E-state index is 0.171. The second kappa shape index (κ2) is 5.64. The van der Waals surface area contributed by atoms with E-state index in [1.165, 1.54) is 11.1 Å². The number of aryl methyl sites for hydroxylation is 3. The molecule has 0 amide bonds. The molecule has 19 heavy (non-hydrogen) atoms. The zero-order valence-electron chi connectivity index (χ0n) is 11.9. The summed E-state index contributed by atoms with van der Waals surface area (Å²) in [6.07, 6.45) is 3.22. The molecule has 3 nitrogen and oxygen atoms in total. The van der Waals surface area contributed by atoms with Crippen molar-refractivity contribution >= 4 is 5.97 Å². The Hall–Kier alpha value is -1.51. The highest BCUT2D eigenvalue weighted by Crippen LogP contribution is 2.33. The number of hydrogen-bond acceptors (Lipinski definition) is 2. The van der Waals surface area contributed by atoms with Crippen molar-refractivity contribution in [2.45, 2.75) is 52.6 Å². The van der Waals surface area contributed by atoms with Crippen molar-refractivity contribution in [1.29, 1.82) is 0 Å². The summed E-state index contributed by atoms with van der Waals surface area (Å²) in [6.45, 7) is 6.25. The van der Waals surface area contributed by atoms with Gasteiger partial charge in [0.05, 0.1) is 6.10 Å². The van der Waals surface area contributed by atoms with Crippen LogP contribution in [-0.4, -0.2) is 17.2 Å². The van der Waals surface area contributed by atoms with E-state index in [-0.39, 0.29) is 18.4 Å². The van der Waals surface area contributed by atoms with E-state index in [1.807, 2.05) is 0 Å². The van der Waals surface area contributed by atoms with Crippen LogP contribution >= 0.6 is 0 Å². The van der Waals surface area contributed by atoms with Crippen molar-refractivity contribution in [3.05, 3.63) is 28.8 Å². The van der Waals surface area contributed by atoms with Crippen LogP contribution in [-0.2, 0) is 4.79 Å². The first-order valence-electron chi connectivity index (χ1n) is 6.92. The molecule has 1 aromatic rings. The highest BCUT2D eigenvalue weighted by Gasteiger charge is 2.28. The second-order valence-electron chi connectivity index (χ2n) is 5.72. The van der Waals surface area contributed by atoms with E-state index >= 15 is 0 Å². The maximum absolute atomic E-state index is 10.7.